The molecule has 8 heteroatoms. The molecule has 150 valence electrons. The number of carbonyl (C=O) groups is 1. The molecule has 8 nitrogen and oxygen atoms in total. The number of hydrogen-bond acceptors (Lipinski definition) is 6. The largest absolute Gasteiger partial charge is 0.493 e. The van der Waals surface area contributed by atoms with E-state index in [0.29, 0.717) is 36.8 Å². The minimum atomic E-state index is -0.0928. The van der Waals surface area contributed by atoms with Crippen LogP contribution >= 0.6 is 0 Å². The lowest BCUT2D eigenvalue weighted by atomic mass is 10.1. The second-order valence-electron chi connectivity index (χ2n) is 6.70. The predicted molar refractivity (Wildman–Crippen MR) is 105 cm³/mol. The van der Waals surface area contributed by atoms with Crippen LogP contribution in [-0.4, -0.2) is 53.1 Å². The van der Waals surface area contributed by atoms with Crippen molar-refractivity contribution >= 4 is 5.91 Å². The molecule has 1 aliphatic rings. The first-order chi connectivity index (χ1) is 14.2. The van der Waals surface area contributed by atoms with E-state index >= 15 is 0 Å². The smallest absolute Gasteiger partial charge is 0.257 e. The van der Waals surface area contributed by atoms with Gasteiger partial charge in [0.2, 0.25) is 0 Å². The Balaban J connectivity index is 1.36. The molecule has 0 unspecified atom stereocenters. The van der Waals surface area contributed by atoms with Crippen molar-refractivity contribution in [2.24, 2.45) is 0 Å². The highest BCUT2D eigenvalue weighted by Gasteiger charge is 2.34. The molecule has 0 spiro atoms. The van der Waals surface area contributed by atoms with Crippen molar-refractivity contribution in [3.05, 3.63) is 66.0 Å². The van der Waals surface area contributed by atoms with Gasteiger partial charge in [0.15, 0.2) is 11.5 Å². The van der Waals surface area contributed by atoms with Crippen molar-refractivity contribution in [1.29, 1.82) is 0 Å². The van der Waals surface area contributed by atoms with Crippen LogP contribution in [0.4, 0.5) is 0 Å². The molecule has 0 atom stereocenters. The minimum absolute atomic E-state index is 0.0912. The van der Waals surface area contributed by atoms with E-state index in [9.17, 15) is 4.79 Å². The van der Waals surface area contributed by atoms with E-state index in [1.807, 2.05) is 36.5 Å². The van der Waals surface area contributed by atoms with Gasteiger partial charge in [-0.1, -0.05) is 29.5 Å². The van der Waals surface area contributed by atoms with Gasteiger partial charge in [0.25, 0.3) is 5.91 Å². The fraction of sp³-hybridized carbons (Fsp3) is 0.286. The normalized spacial score (nSPS) is 13.7. The molecular formula is C21H22N4O4. The SMILES string of the molecule is COc1cccc(C(=O)N2CC(n3cc(COc4ccccc4)nn3)C2)c1OC. The van der Waals surface area contributed by atoms with Crippen LogP contribution in [-0.2, 0) is 6.61 Å². The average molecular weight is 394 g/mol. The molecule has 1 saturated heterocycles. The van der Waals surface area contributed by atoms with Gasteiger partial charge in [-0.2, -0.15) is 0 Å². The molecule has 2 heterocycles. The zero-order valence-electron chi connectivity index (χ0n) is 16.3. The van der Waals surface area contributed by atoms with Crippen molar-refractivity contribution < 1.29 is 19.0 Å². The van der Waals surface area contributed by atoms with Crippen LogP contribution in [0.1, 0.15) is 22.1 Å². The maximum absolute atomic E-state index is 12.8. The zero-order chi connectivity index (χ0) is 20.2. The highest BCUT2D eigenvalue weighted by molar-refractivity contribution is 5.98. The van der Waals surface area contributed by atoms with E-state index < -0.39 is 0 Å². The van der Waals surface area contributed by atoms with Gasteiger partial charge in [-0.05, 0) is 24.3 Å². The van der Waals surface area contributed by atoms with E-state index in [1.54, 1.807) is 34.9 Å². The average Bonchev–Trinajstić information content (AvgIpc) is 3.19. The molecule has 0 saturated carbocycles. The van der Waals surface area contributed by atoms with Crippen LogP contribution in [0.25, 0.3) is 0 Å². The van der Waals surface area contributed by atoms with Crippen molar-refractivity contribution in [1.82, 2.24) is 19.9 Å². The fourth-order valence-electron chi connectivity index (χ4n) is 3.25. The summed E-state index contributed by atoms with van der Waals surface area (Å²) in [5.41, 5.74) is 1.23. The van der Waals surface area contributed by atoms with Gasteiger partial charge in [0.1, 0.15) is 18.1 Å². The van der Waals surface area contributed by atoms with Crippen LogP contribution in [0.5, 0.6) is 17.2 Å². The third-order valence-electron chi connectivity index (χ3n) is 4.84. The van der Waals surface area contributed by atoms with E-state index in [4.69, 9.17) is 14.2 Å². The Morgan fingerprint density at radius 3 is 2.59 bits per heavy atom. The summed E-state index contributed by atoms with van der Waals surface area (Å²) in [6, 6.07) is 14.9. The number of nitrogens with zero attached hydrogens (tertiary/aromatic N) is 4. The summed E-state index contributed by atoms with van der Waals surface area (Å²) in [4.78, 5) is 14.6. The first-order valence-electron chi connectivity index (χ1n) is 9.28. The number of amides is 1. The quantitative estimate of drug-likeness (QED) is 0.613. The second kappa shape index (κ2) is 8.22. The molecule has 1 amide bonds. The van der Waals surface area contributed by atoms with Crippen molar-refractivity contribution in [3.63, 3.8) is 0 Å². The molecule has 29 heavy (non-hydrogen) atoms. The Labute approximate surface area is 168 Å². The number of hydrogen-bond donors (Lipinski definition) is 0. The van der Waals surface area contributed by atoms with Gasteiger partial charge in [-0.25, -0.2) is 4.68 Å². The summed E-state index contributed by atoms with van der Waals surface area (Å²) in [6.45, 7) is 1.46. The maximum atomic E-state index is 12.8. The molecule has 0 bridgehead atoms. The van der Waals surface area contributed by atoms with Gasteiger partial charge in [0.05, 0.1) is 32.0 Å². The minimum Gasteiger partial charge on any atom is -0.493 e. The first kappa shape index (κ1) is 18.8. The molecular weight excluding hydrogens is 372 g/mol. The number of benzene rings is 2. The molecule has 3 aromatic rings. The molecule has 4 rings (SSSR count). The number of aromatic nitrogens is 3. The number of ether oxygens (including phenoxy) is 3. The van der Waals surface area contributed by atoms with Gasteiger partial charge < -0.3 is 19.1 Å². The molecule has 2 aromatic carbocycles. The van der Waals surface area contributed by atoms with E-state index in [2.05, 4.69) is 10.3 Å². The Kier molecular flexibility index (Phi) is 5.33. The first-order valence-corrected chi connectivity index (χ1v) is 9.28. The van der Waals surface area contributed by atoms with Crippen LogP contribution in [0.2, 0.25) is 0 Å². The van der Waals surface area contributed by atoms with Crippen molar-refractivity contribution in [3.8, 4) is 17.2 Å². The number of rotatable bonds is 7. The number of likely N-dealkylation sites (tertiary alicyclic amines) is 1. The zero-order valence-corrected chi connectivity index (χ0v) is 16.3. The molecule has 1 aliphatic heterocycles. The lowest BCUT2D eigenvalue weighted by molar-refractivity contribution is 0.0494. The topological polar surface area (TPSA) is 78.7 Å². The van der Waals surface area contributed by atoms with Crippen molar-refractivity contribution in [2.45, 2.75) is 12.6 Å². The van der Waals surface area contributed by atoms with Crippen LogP contribution in [0, 0.1) is 0 Å². The van der Waals surface area contributed by atoms with Crippen LogP contribution in [0.3, 0.4) is 0 Å². The number of methoxy groups -OCH3 is 2. The third kappa shape index (κ3) is 3.87. The van der Waals surface area contributed by atoms with Crippen molar-refractivity contribution in [2.75, 3.05) is 27.3 Å². The van der Waals surface area contributed by atoms with Gasteiger partial charge in [-0.15, -0.1) is 5.10 Å². The van der Waals surface area contributed by atoms with Crippen LogP contribution in [0.15, 0.2) is 54.7 Å². The molecule has 1 fully saturated rings. The summed E-state index contributed by atoms with van der Waals surface area (Å²) < 4.78 is 18.1. The highest BCUT2D eigenvalue weighted by Crippen LogP contribution is 2.33. The van der Waals surface area contributed by atoms with E-state index in [1.165, 1.54) is 7.11 Å². The third-order valence-corrected chi connectivity index (χ3v) is 4.84. The van der Waals surface area contributed by atoms with E-state index in [-0.39, 0.29) is 11.9 Å². The van der Waals surface area contributed by atoms with E-state index in [0.717, 1.165) is 11.4 Å². The molecule has 0 radical (unpaired) electrons. The Hall–Kier alpha value is -3.55. The molecule has 1 aromatic heterocycles. The predicted octanol–water partition coefficient (Wildman–Crippen LogP) is 2.57. The van der Waals surface area contributed by atoms with Gasteiger partial charge in [-0.3, -0.25) is 4.79 Å². The summed E-state index contributed by atoms with van der Waals surface area (Å²) in [5, 5.41) is 8.34. The summed E-state index contributed by atoms with van der Waals surface area (Å²) in [6.07, 6.45) is 1.86. The lowest BCUT2D eigenvalue weighted by Gasteiger charge is -2.39. The summed E-state index contributed by atoms with van der Waals surface area (Å²) >= 11 is 0. The monoisotopic (exact) mass is 394 g/mol. The molecule has 0 N–H and O–H groups in total. The Morgan fingerprint density at radius 2 is 1.86 bits per heavy atom. The maximum Gasteiger partial charge on any atom is 0.257 e. The Bertz CT molecular complexity index is 983. The fourth-order valence-corrected chi connectivity index (χ4v) is 3.25. The standard InChI is InChI=1S/C21H22N4O4/c1-27-19-10-6-9-18(20(19)28-2)21(26)24-12-16(13-24)25-11-15(22-23-25)14-29-17-7-4-3-5-8-17/h3-11,16H,12-14H2,1-2H3. The lowest BCUT2D eigenvalue weighted by Crippen LogP contribution is -2.51. The number of carbonyl (C=O) groups excluding carboxylic acids is 1. The summed E-state index contributed by atoms with van der Waals surface area (Å²) in [5.74, 6) is 1.68. The summed E-state index contributed by atoms with van der Waals surface area (Å²) in [7, 11) is 3.08. The Morgan fingerprint density at radius 1 is 1.07 bits per heavy atom. The second-order valence-corrected chi connectivity index (χ2v) is 6.70. The molecule has 0 aliphatic carbocycles. The van der Waals surface area contributed by atoms with Gasteiger partial charge >= 0.3 is 0 Å². The van der Waals surface area contributed by atoms with Crippen LogP contribution < -0.4 is 14.2 Å². The highest BCUT2D eigenvalue weighted by atomic mass is 16.5. The number of para-hydroxylation sites is 2. The van der Waals surface area contributed by atoms with Gasteiger partial charge in [0, 0.05) is 13.1 Å².